The molecule has 0 atom stereocenters. The standard InChI is InChI=1S/C14H12BrFO2/c1-9-4-12(2-3-14(9)15)18-13-6-10(8-17)5-11(16)7-13/h2-7,17H,8H2,1H3. The Labute approximate surface area is 113 Å². The van der Waals surface area contributed by atoms with E-state index in [1.54, 1.807) is 12.1 Å². The van der Waals surface area contributed by atoms with Crippen LogP contribution in [0, 0.1) is 12.7 Å². The van der Waals surface area contributed by atoms with Gasteiger partial charge in [0.2, 0.25) is 0 Å². The fraction of sp³-hybridized carbons (Fsp3) is 0.143. The molecule has 18 heavy (non-hydrogen) atoms. The molecule has 2 aromatic carbocycles. The average molecular weight is 311 g/mol. The van der Waals surface area contributed by atoms with Gasteiger partial charge in [0.1, 0.15) is 17.3 Å². The third kappa shape index (κ3) is 3.09. The van der Waals surface area contributed by atoms with Crippen molar-refractivity contribution in [3.05, 3.63) is 57.8 Å². The SMILES string of the molecule is Cc1cc(Oc2cc(F)cc(CO)c2)ccc1Br. The Balaban J connectivity index is 2.27. The van der Waals surface area contributed by atoms with Gasteiger partial charge in [-0.05, 0) is 48.4 Å². The highest BCUT2D eigenvalue weighted by Crippen LogP contribution is 2.27. The Morgan fingerprint density at radius 3 is 2.61 bits per heavy atom. The smallest absolute Gasteiger partial charge is 0.130 e. The largest absolute Gasteiger partial charge is 0.457 e. The van der Waals surface area contributed by atoms with Gasteiger partial charge in [0.05, 0.1) is 6.61 Å². The zero-order valence-electron chi connectivity index (χ0n) is 9.78. The Morgan fingerprint density at radius 2 is 1.94 bits per heavy atom. The number of aryl methyl sites for hydroxylation is 1. The zero-order chi connectivity index (χ0) is 13.1. The van der Waals surface area contributed by atoms with Crippen molar-refractivity contribution in [2.75, 3.05) is 0 Å². The maximum absolute atomic E-state index is 13.3. The second kappa shape index (κ2) is 5.50. The molecular weight excluding hydrogens is 299 g/mol. The van der Waals surface area contributed by atoms with E-state index in [1.165, 1.54) is 12.1 Å². The van der Waals surface area contributed by atoms with Crippen molar-refractivity contribution < 1.29 is 14.2 Å². The van der Waals surface area contributed by atoms with E-state index in [0.29, 0.717) is 17.1 Å². The van der Waals surface area contributed by atoms with Gasteiger partial charge in [-0.25, -0.2) is 4.39 Å². The Kier molecular flexibility index (Phi) is 3.99. The second-order valence-electron chi connectivity index (χ2n) is 3.97. The second-order valence-corrected chi connectivity index (χ2v) is 4.82. The van der Waals surface area contributed by atoms with E-state index in [-0.39, 0.29) is 6.61 Å². The number of rotatable bonds is 3. The van der Waals surface area contributed by atoms with Crippen LogP contribution in [0.25, 0.3) is 0 Å². The molecule has 0 aromatic heterocycles. The van der Waals surface area contributed by atoms with E-state index < -0.39 is 5.82 Å². The Morgan fingerprint density at radius 1 is 1.17 bits per heavy atom. The van der Waals surface area contributed by atoms with Crippen LogP contribution in [0.2, 0.25) is 0 Å². The molecule has 0 spiro atoms. The normalized spacial score (nSPS) is 10.4. The van der Waals surface area contributed by atoms with Crippen molar-refractivity contribution in [3.8, 4) is 11.5 Å². The van der Waals surface area contributed by atoms with Crippen LogP contribution in [0.5, 0.6) is 11.5 Å². The van der Waals surface area contributed by atoms with Crippen LogP contribution in [0.4, 0.5) is 4.39 Å². The number of hydrogen-bond acceptors (Lipinski definition) is 2. The molecule has 0 fully saturated rings. The molecule has 2 aromatic rings. The van der Waals surface area contributed by atoms with Crippen LogP contribution in [0.1, 0.15) is 11.1 Å². The molecule has 0 heterocycles. The summed E-state index contributed by atoms with van der Waals surface area (Å²) in [6.45, 7) is 1.73. The lowest BCUT2D eigenvalue weighted by molar-refractivity contribution is 0.280. The molecule has 0 aliphatic heterocycles. The summed E-state index contributed by atoms with van der Waals surface area (Å²) in [5.41, 5.74) is 1.52. The first kappa shape index (κ1) is 13.1. The van der Waals surface area contributed by atoms with Gasteiger partial charge in [-0.2, -0.15) is 0 Å². The number of hydrogen-bond donors (Lipinski definition) is 1. The molecule has 1 N–H and O–H groups in total. The lowest BCUT2D eigenvalue weighted by Gasteiger charge is -2.08. The molecular formula is C14H12BrFO2. The van der Waals surface area contributed by atoms with E-state index in [2.05, 4.69) is 15.9 Å². The molecule has 4 heteroatoms. The average Bonchev–Trinajstić information content (AvgIpc) is 2.33. The lowest BCUT2D eigenvalue weighted by Crippen LogP contribution is -1.90. The van der Waals surface area contributed by atoms with E-state index in [9.17, 15) is 4.39 Å². The fourth-order valence-electron chi connectivity index (χ4n) is 1.59. The van der Waals surface area contributed by atoms with E-state index in [1.807, 2.05) is 19.1 Å². The molecule has 0 saturated heterocycles. The maximum Gasteiger partial charge on any atom is 0.130 e. The van der Waals surface area contributed by atoms with Gasteiger partial charge in [0.15, 0.2) is 0 Å². The Bertz CT molecular complexity index is 570. The van der Waals surface area contributed by atoms with Crippen LogP contribution in [0.15, 0.2) is 40.9 Å². The topological polar surface area (TPSA) is 29.5 Å². The molecule has 0 bridgehead atoms. The van der Waals surface area contributed by atoms with Crippen LogP contribution in [-0.2, 0) is 6.61 Å². The van der Waals surface area contributed by atoms with E-state index >= 15 is 0 Å². The van der Waals surface area contributed by atoms with Gasteiger partial charge < -0.3 is 9.84 Å². The van der Waals surface area contributed by atoms with Crippen LogP contribution >= 0.6 is 15.9 Å². The van der Waals surface area contributed by atoms with Gasteiger partial charge in [-0.15, -0.1) is 0 Å². The van der Waals surface area contributed by atoms with Crippen molar-refractivity contribution >= 4 is 15.9 Å². The van der Waals surface area contributed by atoms with Gasteiger partial charge in [-0.1, -0.05) is 15.9 Å². The number of halogens is 2. The van der Waals surface area contributed by atoms with Crippen molar-refractivity contribution in [1.82, 2.24) is 0 Å². The molecule has 94 valence electrons. The summed E-state index contributed by atoms with van der Waals surface area (Å²) in [4.78, 5) is 0. The van der Waals surface area contributed by atoms with Crippen LogP contribution in [-0.4, -0.2) is 5.11 Å². The molecule has 0 amide bonds. The number of benzene rings is 2. The van der Waals surface area contributed by atoms with E-state index in [4.69, 9.17) is 9.84 Å². The first-order chi connectivity index (χ1) is 8.58. The van der Waals surface area contributed by atoms with Crippen molar-refractivity contribution in [3.63, 3.8) is 0 Å². The highest BCUT2D eigenvalue weighted by atomic mass is 79.9. The summed E-state index contributed by atoms with van der Waals surface area (Å²) in [5.74, 6) is 0.580. The predicted octanol–water partition coefficient (Wildman–Crippen LogP) is 4.18. The lowest BCUT2D eigenvalue weighted by atomic mass is 10.2. The minimum atomic E-state index is -0.426. The number of aliphatic hydroxyl groups is 1. The minimum Gasteiger partial charge on any atom is -0.457 e. The number of ether oxygens (including phenoxy) is 1. The quantitative estimate of drug-likeness (QED) is 0.921. The summed E-state index contributed by atoms with van der Waals surface area (Å²) in [7, 11) is 0. The van der Waals surface area contributed by atoms with Gasteiger partial charge >= 0.3 is 0 Å². The summed E-state index contributed by atoms with van der Waals surface area (Å²) in [6, 6.07) is 9.70. The number of aliphatic hydroxyl groups excluding tert-OH is 1. The molecule has 0 radical (unpaired) electrons. The third-order valence-electron chi connectivity index (χ3n) is 2.48. The summed E-state index contributed by atoms with van der Waals surface area (Å²) in [6.07, 6.45) is 0. The fourth-order valence-corrected chi connectivity index (χ4v) is 1.83. The first-order valence-electron chi connectivity index (χ1n) is 5.43. The molecule has 2 rings (SSSR count). The maximum atomic E-state index is 13.3. The summed E-state index contributed by atoms with van der Waals surface area (Å²) in [5, 5.41) is 9.00. The zero-order valence-corrected chi connectivity index (χ0v) is 11.4. The molecule has 2 nitrogen and oxygen atoms in total. The molecule has 0 saturated carbocycles. The summed E-state index contributed by atoms with van der Waals surface area (Å²) >= 11 is 3.40. The minimum absolute atomic E-state index is 0.215. The summed E-state index contributed by atoms with van der Waals surface area (Å²) < 4.78 is 19.8. The van der Waals surface area contributed by atoms with Crippen LogP contribution < -0.4 is 4.74 Å². The third-order valence-corrected chi connectivity index (χ3v) is 3.37. The van der Waals surface area contributed by atoms with Crippen LogP contribution in [0.3, 0.4) is 0 Å². The van der Waals surface area contributed by atoms with Crippen molar-refractivity contribution in [1.29, 1.82) is 0 Å². The highest BCUT2D eigenvalue weighted by Gasteiger charge is 2.04. The monoisotopic (exact) mass is 310 g/mol. The Hall–Kier alpha value is -1.39. The van der Waals surface area contributed by atoms with Crippen molar-refractivity contribution in [2.24, 2.45) is 0 Å². The van der Waals surface area contributed by atoms with E-state index in [0.717, 1.165) is 10.0 Å². The highest BCUT2D eigenvalue weighted by molar-refractivity contribution is 9.10. The molecule has 0 unspecified atom stereocenters. The van der Waals surface area contributed by atoms with Crippen molar-refractivity contribution in [2.45, 2.75) is 13.5 Å². The predicted molar refractivity (Wildman–Crippen MR) is 71.3 cm³/mol. The van der Waals surface area contributed by atoms with Gasteiger partial charge in [0.25, 0.3) is 0 Å². The molecule has 0 aliphatic carbocycles. The van der Waals surface area contributed by atoms with Gasteiger partial charge in [0, 0.05) is 10.5 Å². The first-order valence-corrected chi connectivity index (χ1v) is 6.22. The van der Waals surface area contributed by atoms with Gasteiger partial charge in [-0.3, -0.25) is 0 Å². The molecule has 0 aliphatic rings.